The zero-order valence-electron chi connectivity index (χ0n) is 17.5. The Morgan fingerprint density at radius 2 is 1.97 bits per heavy atom. The van der Waals surface area contributed by atoms with Gasteiger partial charge in [-0.3, -0.25) is 9.59 Å². The Bertz CT molecular complexity index is 995. The minimum absolute atomic E-state index is 0.126. The molecule has 0 unspecified atom stereocenters. The number of nitrogens with two attached hydrogens (primary N) is 1. The fourth-order valence-electron chi connectivity index (χ4n) is 3.59. The number of primary amides is 1. The van der Waals surface area contributed by atoms with E-state index in [1.807, 2.05) is 20.8 Å². The predicted molar refractivity (Wildman–Crippen MR) is 113 cm³/mol. The molecule has 1 fully saturated rings. The summed E-state index contributed by atoms with van der Waals surface area (Å²) in [4.78, 5) is 30.9. The quantitative estimate of drug-likeness (QED) is 0.621. The zero-order valence-corrected chi connectivity index (χ0v) is 18.4. The summed E-state index contributed by atoms with van der Waals surface area (Å²) < 4.78 is 40.9. The molecule has 168 valence electrons. The molecule has 2 aromatic rings. The Morgan fingerprint density at radius 3 is 2.61 bits per heavy atom. The molecule has 0 saturated carbocycles. The second-order valence-corrected chi connectivity index (χ2v) is 9.15. The van der Waals surface area contributed by atoms with Gasteiger partial charge in [0, 0.05) is 23.6 Å². The topological polar surface area (TPSA) is 88.3 Å². The van der Waals surface area contributed by atoms with E-state index in [0.29, 0.717) is 37.0 Å². The van der Waals surface area contributed by atoms with Crippen LogP contribution in [0, 0.1) is 22.9 Å². The van der Waals surface area contributed by atoms with Gasteiger partial charge in [0.05, 0.1) is 5.69 Å². The number of hydrogen-bond acceptors (Lipinski definition) is 5. The van der Waals surface area contributed by atoms with Crippen LogP contribution in [-0.4, -0.2) is 40.3 Å². The summed E-state index contributed by atoms with van der Waals surface area (Å²) in [7, 11) is 0. The van der Waals surface area contributed by atoms with E-state index < -0.39 is 40.9 Å². The monoisotopic (exact) mass is 454 g/mol. The molecule has 0 spiro atoms. The molecule has 0 aliphatic carbocycles. The maximum Gasteiger partial charge on any atom is 0.246 e. The number of carbonyl (C=O) groups is 2. The maximum absolute atomic E-state index is 14.1. The number of likely N-dealkylation sites (tertiary alicyclic amines) is 1. The van der Waals surface area contributed by atoms with Crippen LogP contribution in [0.25, 0.3) is 11.3 Å². The number of hydrogen-bond donors (Lipinski definition) is 2. The van der Waals surface area contributed by atoms with Gasteiger partial charge in [0.1, 0.15) is 17.9 Å². The molecule has 3 rings (SSSR count). The van der Waals surface area contributed by atoms with Gasteiger partial charge in [-0.25, -0.2) is 18.2 Å². The minimum atomic E-state index is -1.28. The number of halogens is 3. The lowest BCUT2D eigenvalue weighted by Gasteiger charge is -2.36. The fourth-order valence-corrected chi connectivity index (χ4v) is 4.33. The van der Waals surface area contributed by atoms with E-state index in [9.17, 15) is 22.8 Å². The highest BCUT2D eigenvalue weighted by Gasteiger charge is 2.42. The highest BCUT2D eigenvalue weighted by Crippen LogP contribution is 2.34. The molecule has 3 N–H and O–H groups in total. The lowest BCUT2D eigenvalue weighted by atomic mass is 9.81. The van der Waals surface area contributed by atoms with E-state index in [1.54, 1.807) is 0 Å². The van der Waals surface area contributed by atoms with Crippen molar-refractivity contribution >= 4 is 28.3 Å². The molecule has 10 heteroatoms. The molecule has 2 amide bonds. The molecule has 6 nitrogen and oxygen atoms in total. The van der Waals surface area contributed by atoms with E-state index in [4.69, 9.17) is 5.73 Å². The zero-order chi connectivity index (χ0) is 22.9. The van der Waals surface area contributed by atoms with Crippen molar-refractivity contribution in [1.29, 1.82) is 0 Å². The Hall–Kier alpha value is -2.62. The molecule has 0 radical (unpaired) electrons. The number of rotatable bonds is 7. The highest BCUT2D eigenvalue weighted by atomic mass is 32.1. The molecule has 1 aliphatic rings. The average molecular weight is 455 g/mol. The van der Waals surface area contributed by atoms with Gasteiger partial charge in [-0.1, -0.05) is 20.8 Å². The summed E-state index contributed by atoms with van der Waals surface area (Å²) in [6.07, 6.45) is 1.87. The number of nitrogens with one attached hydrogen (secondary N) is 1. The van der Waals surface area contributed by atoms with E-state index in [-0.39, 0.29) is 17.2 Å². The number of nitrogens with zero attached hydrogens (tertiary/aromatic N) is 2. The molecule has 1 saturated heterocycles. The average Bonchev–Trinajstić information content (AvgIpc) is 3.38. The molecule has 1 aromatic heterocycles. The number of benzene rings is 1. The van der Waals surface area contributed by atoms with Gasteiger partial charge in [0.15, 0.2) is 16.8 Å². The molecular weight excluding hydrogens is 429 g/mol. The van der Waals surface area contributed by atoms with Gasteiger partial charge in [0.25, 0.3) is 0 Å². The smallest absolute Gasteiger partial charge is 0.246 e. The number of carbonyl (C=O) groups excluding carboxylic acids is 2. The highest BCUT2D eigenvalue weighted by molar-refractivity contribution is 7.14. The van der Waals surface area contributed by atoms with Gasteiger partial charge < -0.3 is 16.0 Å². The van der Waals surface area contributed by atoms with Crippen LogP contribution in [0.4, 0.5) is 18.3 Å². The summed E-state index contributed by atoms with van der Waals surface area (Å²) in [6.45, 7) is 6.22. The third kappa shape index (κ3) is 4.68. The second-order valence-electron chi connectivity index (χ2n) is 8.30. The van der Waals surface area contributed by atoms with Gasteiger partial charge in [0.2, 0.25) is 11.8 Å². The number of amides is 2. The summed E-state index contributed by atoms with van der Waals surface area (Å²) in [5.41, 5.74) is 4.92. The van der Waals surface area contributed by atoms with Crippen molar-refractivity contribution in [2.75, 3.05) is 11.9 Å². The van der Waals surface area contributed by atoms with Crippen LogP contribution in [-0.2, 0) is 9.59 Å². The Labute approximate surface area is 182 Å². The predicted octanol–water partition coefficient (Wildman–Crippen LogP) is 3.92. The Balaban J connectivity index is 1.89. The van der Waals surface area contributed by atoms with Gasteiger partial charge in [-0.2, -0.15) is 0 Å². The van der Waals surface area contributed by atoms with Gasteiger partial charge in [-0.15, -0.1) is 11.3 Å². The summed E-state index contributed by atoms with van der Waals surface area (Å²) >= 11 is 1.12. The van der Waals surface area contributed by atoms with Crippen LogP contribution in [0.1, 0.15) is 40.0 Å². The molecule has 2 atom stereocenters. The largest absolute Gasteiger partial charge is 0.368 e. The number of anilines is 1. The van der Waals surface area contributed by atoms with E-state index in [1.165, 1.54) is 10.3 Å². The normalized spacial score (nSPS) is 17.6. The number of thiazole rings is 1. The van der Waals surface area contributed by atoms with Crippen molar-refractivity contribution in [2.45, 2.75) is 52.1 Å². The first-order valence-electron chi connectivity index (χ1n) is 10.0. The van der Waals surface area contributed by atoms with Crippen molar-refractivity contribution in [3.63, 3.8) is 0 Å². The first-order chi connectivity index (χ1) is 14.5. The van der Waals surface area contributed by atoms with Gasteiger partial charge in [-0.05, 0) is 30.7 Å². The molecule has 1 aliphatic heterocycles. The summed E-state index contributed by atoms with van der Waals surface area (Å²) in [5.74, 6) is -4.18. The summed E-state index contributed by atoms with van der Waals surface area (Å²) in [5, 5.41) is 4.94. The Kier molecular flexibility index (Phi) is 6.59. The van der Waals surface area contributed by atoms with E-state index in [0.717, 1.165) is 17.4 Å². The number of aromatic nitrogens is 1. The maximum atomic E-state index is 14.1. The van der Waals surface area contributed by atoms with Crippen molar-refractivity contribution in [3.8, 4) is 11.3 Å². The summed E-state index contributed by atoms with van der Waals surface area (Å²) in [6, 6.07) is -0.135. The van der Waals surface area contributed by atoms with Crippen LogP contribution in [0.2, 0.25) is 0 Å². The fraction of sp³-hybridized carbons (Fsp3) is 0.476. The van der Waals surface area contributed by atoms with Crippen LogP contribution in [0.3, 0.4) is 0 Å². The molecule has 31 heavy (non-hydrogen) atoms. The van der Waals surface area contributed by atoms with Crippen LogP contribution >= 0.6 is 11.3 Å². The van der Waals surface area contributed by atoms with Crippen LogP contribution in [0.5, 0.6) is 0 Å². The lowest BCUT2D eigenvalue weighted by Crippen LogP contribution is -2.54. The SMILES string of the molecule is CCC(C)(C)[C@H](Nc1nc(-c2cc(F)c(F)cc2F)cs1)C(=O)N1CCC[C@H]1C(N)=O. The lowest BCUT2D eigenvalue weighted by molar-refractivity contribution is -0.139. The molecule has 2 heterocycles. The van der Waals surface area contributed by atoms with Crippen molar-refractivity contribution in [2.24, 2.45) is 11.1 Å². The third-order valence-electron chi connectivity index (χ3n) is 5.86. The standard InChI is InChI=1S/C21H25F3N4O2S/c1-4-21(2,3)17(19(30)28-7-5-6-16(28)18(25)29)27-20-26-15(10-31-20)11-8-13(23)14(24)9-12(11)22/h8-10,16-17H,4-7H2,1-3H3,(H2,25,29)(H,26,27)/t16-,17+/m0/s1. The van der Waals surface area contributed by atoms with Crippen molar-refractivity contribution < 1.29 is 22.8 Å². The van der Waals surface area contributed by atoms with Gasteiger partial charge >= 0.3 is 0 Å². The first-order valence-corrected chi connectivity index (χ1v) is 10.9. The second kappa shape index (κ2) is 8.86. The minimum Gasteiger partial charge on any atom is -0.368 e. The van der Waals surface area contributed by atoms with Crippen molar-refractivity contribution in [1.82, 2.24) is 9.88 Å². The van der Waals surface area contributed by atoms with Crippen LogP contribution < -0.4 is 11.1 Å². The van der Waals surface area contributed by atoms with Crippen molar-refractivity contribution in [3.05, 3.63) is 35.0 Å². The van der Waals surface area contributed by atoms with E-state index >= 15 is 0 Å². The Morgan fingerprint density at radius 1 is 1.29 bits per heavy atom. The molecular formula is C21H25F3N4O2S. The van der Waals surface area contributed by atoms with Crippen LogP contribution in [0.15, 0.2) is 17.5 Å². The first kappa shape index (κ1) is 23.1. The molecule has 0 bridgehead atoms. The molecule has 1 aromatic carbocycles. The van der Waals surface area contributed by atoms with E-state index in [2.05, 4.69) is 10.3 Å². The third-order valence-corrected chi connectivity index (χ3v) is 6.64.